The summed E-state index contributed by atoms with van der Waals surface area (Å²) < 4.78 is 11.4. The van der Waals surface area contributed by atoms with Crippen molar-refractivity contribution in [3.05, 3.63) is 57.0 Å². The number of ether oxygens (including phenoxy) is 2. The monoisotopic (exact) mass is 380 g/mol. The maximum absolute atomic E-state index is 11.9. The molecule has 3 rings (SSSR count). The number of hydrogen-bond donors (Lipinski definition) is 1. The van der Waals surface area contributed by atoms with E-state index in [0.717, 1.165) is 10.0 Å². The van der Waals surface area contributed by atoms with Crippen LogP contribution in [-0.4, -0.2) is 18.9 Å². The summed E-state index contributed by atoms with van der Waals surface area (Å²) in [4.78, 5) is 11.9. The Balaban J connectivity index is 1.68. The minimum Gasteiger partial charge on any atom is -0.454 e. The molecule has 7 heteroatoms. The lowest BCUT2D eigenvalue weighted by Crippen LogP contribution is -2.17. The molecule has 0 fully saturated rings. The lowest BCUT2D eigenvalue weighted by atomic mass is 10.2. The second kappa shape index (κ2) is 6.37. The highest BCUT2D eigenvalue weighted by Crippen LogP contribution is 2.39. The van der Waals surface area contributed by atoms with E-state index in [2.05, 4.69) is 26.5 Å². The number of rotatable bonds is 3. The largest absolute Gasteiger partial charge is 0.454 e. The van der Waals surface area contributed by atoms with E-state index in [1.54, 1.807) is 30.3 Å². The lowest BCUT2D eigenvalue weighted by molar-refractivity contribution is 0.0955. The summed E-state index contributed by atoms with van der Waals surface area (Å²) in [5.74, 6) is 0.995. The minimum atomic E-state index is -0.312. The molecule has 0 saturated carbocycles. The molecule has 1 heterocycles. The van der Waals surface area contributed by atoms with E-state index in [1.165, 1.54) is 6.21 Å². The summed E-state index contributed by atoms with van der Waals surface area (Å²) in [6.45, 7) is 0.196. The zero-order valence-corrected chi connectivity index (χ0v) is 13.5. The van der Waals surface area contributed by atoms with Crippen LogP contribution in [-0.2, 0) is 0 Å². The summed E-state index contributed by atoms with van der Waals surface area (Å²) in [6.07, 6.45) is 1.53. The molecule has 0 saturated heterocycles. The zero-order chi connectivity index (χ0) is 15.5. The normalized spacial score (nSPS) is 12.6. The highest BCUT2D eigenvalue weighted by atomic mass is 79.9. The fourth-order valence-corrected chi connectivity index (χ4v) is 2.59. The average molecular weight is 382 g/mol. The van der Waals surface area contributed by atoms with E-state index in [0.29, 0.717) is 22.1 Å². The van der Waals surface area contributed by atoms with Crippen LogP contribution in [0.1, 0.15) is 15.9 Å². The molecule has 1 N–H and O–H groups in total. The predicted molar refractivity (Wildman–Crippen MR) is 86.8 cm³/mol. The Hall–Kier alpha value is -2.05. The van der Waals surface area contributed by atoms with E-state index >= 15 is 0 Å². The van der Waals surface area contributed by atoms with Crippen LogP contribution in [0.2, 0.25) is 5.02 Å². The van der Waals surface area contributed by atoms with E-state index in [9.17, 15) is 4.79 Å². The molecule has 1 aliphatic heterocycles. The van der Waals surface area contributed by atoms with Gasteiger partial charge in [0.1, 0.15) is 0 Å². The Kier molecular flexibility index (Phi) is 4.31. The molecular weight excluding hydrogens is 372 g/mol. The molecule has 0 aromatic heterocycles. The van der Waals surface area contributed by atoms with Crippen LogP contribution in [0.4, 0.5) is 0 Å². The first-order valence-corrected chi connectivity index (χ1v) is 7.49. The molecule has 2 aromatic carbocycles. The van der Waals surface area contributed by atoms with E-state index < -0.39 is 0 Å². The van der Waals surface area contributed by atoms with Crippen molar-refractivity contribution in [2.45, 2.75) is 0 Å². The number of hydrazone groups is 1. The highest BCUT2D eigenvalue weighted by Gasteiger charge is 2.17. The SMILES string of the molecule is O=C(N/N=C\c1cc(Br)c2c(c1)OCO2)c1ccc(Cl)cc1. The van der Waals surface area contributed by atoms with Crippen molar-refractivity contribution in [2.24, 2.45) is 5.10 Å². The molecule has 0 bridgehead atoms. The number of carbonyl (C=O) groups excluding carboxylic acids is 1. The third kappa shape index (κ3) is 3.23. The molecule has 2 aromatic rings. The van der Waals surface area contributed by atoms with Gasteiger partial charge >= 0.3 is 0 Å². The van der Waals surface area contributed by atoms with Gasteiger partial charge in [-0.1, -0.05) is 11.6 Å². The summed E-state index contributed by atoms with van der Waals surface area (Å²) in [5.41, 5.74) is 3.71. The van der Waals surface area contributed by atoms with Crippen molar-refractivity contribution >= 4 is 39.7 Å². The van der Waals surface area contributed by atoms with Gasteiger partial charge in [-0.25, -0.2) is 5.43 Å². The molecule has 1 aliphatic rings. The van der Waals surface area contributed by atoms with Gasteiger partial charge in [0.25, 0.3) is 5.91 Å². The highest BCUT2D eigenvalue weighted by molar-refractivity contribution is 9.10. The second-order valence-electron chi connectivity index (χ2n) is 4.44. The fourth-order valence-electron chi connectivity index (χ4n) is 1.89. The van der Waals surface area contributed by atoms with Gasteiger partial charge in [0.05, 0.1) is 10.7 Å². The van der Waals surface area contributed by atoms with Crippen LogP contribution in [0.5, 0.6) is 11.5 Å². The Morgan fingerprint density at radius 3 is 2.82 bits per heavy atom. The fraction of sp³-hybridized carbons (Fsp3) is 0.0667. The van der Waals surface area contributed by atoms with Crippen molar-refractivity contribution in [3.63, 3.8) is 0 Å². The first-order valence-electron chi connectivity index (χ1n) is 6.31. The van der Waals surface area contributed by atoms with Crippen LogP contribution in [0.25, 0.3) is 0 Å². The van der Waals surface area contributed by atoms with Gasteiger partial charge in [0.15, 0.2) is 11.5 Å². The van der Waals surface area contributed by atoms with Crippen LogP contribution in [0, 0.1) is 0 Å². The van der Waals surface area contributed by atoms with Crippen LogP contribution in [0.3, 0.4) is 0 Å². The van der Waals surface area contributed by atoms with Crippen molar-refractivity contribution in [3.8, 4) is 11.5 Å². The number of amides is 1. The molecule has 22 heavy (non-hydrogen) atoms. The van der Waals surface area contributed by atoms with Gasteiger partial charge in [0.2, 0.25) is 6.79 Å². The molecule has 5 nitrogen and oxygen atoms in total. The van der Waals surface area contributed by atoms with Gasteiger partial charge in [-0.2, -0.15) is 5.10 Å². The first kappa shape index (κ1) is 14.9. The summed E-state index contributed by atoms with van der Waals surface area (Å²) in [6, 6.07) is 10.2. The van der Waals surface area contributed by atoms with Crippen molar-refractivity contribution in [2.75, 3.05) is 6.79 Å². The van der Waals surface area contributed by atoms with Gasteiger partial charge in [-0.15, -0.1) is 0 Å². The Morgan fingerprint density at radius 2 is 2.05 bits per heavy atom. The molecule has 1 amide bonds. The summed E-state index contributed by atoms with van der Waals surface area (Å²) in [5, 5.41) is 4.51. The third-order valence-corrected chi connectivity index (χ3v) is 3.78. The molecular formula is C15H10BrClN2O3. The number of nitrogens with one attached hydrogen (secondary N) is 1. The van der Waals surface area contributed by atoms with Crippen LogP contribution < -0.4 is 14.9 Å². The third-order valence-electron chi connectivity index (χ3n) is 2.94. The van der Waals surface area contributed by atoms with Gasteiger partial charge in [-0.3, -0.25) is 4.79 Å². The number of benzene rings is 2. The maximum atomic E-state index is 11.9. The predicted octanol–water partition coefficient (Wildman–Crippen LogP) is 3.60. The van der Waals surface area contributed by atoms with Crippen LogP contribution >= 0.6 is 27.5 Å². The number of carbonyl (C=O) groups is 1. The standard InChI is InChI=1S/C15H10BrClN2O3/c16-12-5-9(6-13-14(12)22-8-21-13)7-18-19-15(20)10-1-3-11(17)4-2-10/h1-7H,8H2,(H,19,20)/b18-7-. The molecule has 0 unspecified atom stereocenters. The minimum absolute atomic E-state index is 0.196. The number of hydrogen-bond acceptors (Lipinski definition) is 4. The smallest absolute Gasteiger partial charge is 0.271 e. The van der Waals surface area contributed by atoms with Gasteiger partial charge in [0, 0.05) is 10.6 Å². The first-order chi connectivity index (χ1) is 10.6. The van der Waals surface area contributed by atoms with E-state index in [-0.39, 0.29) is 12.7 Å². The average Bonchev–Trinajstić information content (AvgIpc) is 2.97. The number of nitrogens with zero attached hydrogens (tertiary/aromatic N) is 1. The topological polar surface area (TPSA) is 59.9 Å². The van der Waals surface area contributed by atoms with E-state index in [1.807, 2.05) is 6.07 Å². The summed E-state index contributed by atoms with van der Waals surface area (Å²) >= 11 is 9.17. The van der Waals surface area contributed by atoms with E-state index in [4.69, 9.17) is 21.1 Å². The maximum Gasteiger partial charge on any atom is 0.271 e. The van der Waals surface area contributed by atoms with Crippen molar-refractivity contribution < 1.29 is 14.3 Å². The van der Waals surface area contributed by atoms with Crippen molar-refractivity contribution in [1.82, 2.24) is 5.43 Å². The molecule has 0 aliphatic carbocycles. The number of fused-ring (bicyclic) bond motifs is 1. The summed E-state index contributed by atoms with van der Waals surface area (Å²) in [7, 11) is 0. The molecule has 0 atom stereocenters. The van der Waals surface area contributed by atoms with Gasteiger partial charge in [-0.05, 0) is 57.9 Å². The molecule has 112 valence electrons. The second-order valence-corrected chi connectivity index (χ2v) is 5.73. The van der Waals surface area contributed by atoms with Crippen molar-refractivity contribution in [1.29, 1.82) is 0 Å². The molecule has 0 radical (unpaired) electrons. The Morgan fingerprint density at radius 1 is 1.27 bits per heavy atom. The quantitative estimate of drug-likeness (QED) is 0.653. The number of halogens is 2. The molecule has 0 spiro atoms. The Labute approximate surface area is 140 Å². The van der Waals surface area contributed by atoms with Gasteiger partial charge < -0.3 is 9.47 Å². The Bertz CT molecular complexity index is 747. The van der Waals surface area contributed by atoms with Crippen LogP contribution in [0.15, 0.2) is 46.0 Å². The lowest BCUT2D eigenvalue weighted by Gasteiger charge is -2.02. The zero-order valence-electron chi connectivity index (χ0n) is 11.2.